The van der Waals surface area contributed by atoms with E-state index in [0.717, 1.165) is 0 Å². The van der Waals surface area contributed by atoms with Gasteiger partial charge < -0.3 is 4.57 Å². The molecule has 0 heterocycles. The second kappa shape index (κ2) is 8.51. The lowest BCUT2D eigenvalue weighted by Crippen LogP contribution is -2.29. The van der Waals surface area contributed by atoms with Gasteiger partial charge in [-0.25, -0.2) is 0 Å². The quantitative estimate of drug-likeness (QED) is 0.570. The first kappa shape index (κ1) is 12.9. The minimum absolute atomic E-state index is 0.0883. The van der Waals surface area contributed by atoms with Crippen molar-refractivity contribution in [2.24, 2.45) is 0 Å². The van der Waals surface area contributed by atoms with Crippen LogP contribution in [0, 0.1) is 0 Å². The fourth-order valence-electron chi connectivity index (χ4n) is 1.56. The first-order valence-corrected chi connectivity index (χ1v) is 7.02. The van der Waals surface area contributed by atoms with Gasteiger partial charge in [0, 0.05) is 0 Å². The Balaban J connectivity index is 3.95. The summed E-state index contributed by atoms with van der Waals surface area (Å²) < 4.78 is 2.66. The van der Waals surface area contributed by atoms with Crippen molar-refractivity contribution in [1.82, 2.24) is 4.57 Å². The summed E-state index contributed by atoms with van der Waals surface area (Å²) in [6.45, 7) is 11.6. The molecule has 0 N–H and O–H groups in total. The van der Waals surface area contributed by atoms with Crippen molar-refractivity contribution in [2.75, 3.05) is 13.1 Å². The van der Waals surface area contributed by atoms with Crippen LogP contribution in [-0.4, -0.2) is 27.3 Å². The van der Waals surface area contributed by atoms with E-state index in [4.69, 9.17) is 0 Å². The minimum Gasteiger partial charge on any atom is -0.325 e. The largest absolute Gasteiger partial charge is 0.325 e. The Morgan fingerprint density at radius 2 is 1.92 bits per heavy atom. The van der Waals surface area contributed by atoms with E-state index in [1.807, 2.05) is 0 Å². The molecule has 0 aromatic carbocycles. The van der Waals surface area contributed by atoms with Crippen molar-refractivity contribution < 1.29 is 0 Å². The molecule has 0 saturated carbocycles. The summed E-state index contributed by atoms with van der Waals surface area (Å²) in [6.07, 6.45) is 6.20. The standard InChI is InChI=1S/C11H25NSi/c1-5-9-11(7-3)13-12(8-4)10-6-2/h9H,5-8,10,13H2,1-4H3. The van der Waals surface area contributed by atoms with Crippen molar-refractivity contribution in [1.29, 1.82) is 0 Å². The normalized spacial score (nSPS) is 13.5. The molecule has 0 unspecified atom stereocenters. The lowest BCUT2D eigenvalue weighted by Gasteiger charge is -2.20. The van der Waals surface area contributed by atoms with Crippen molar-refractivity contribution >= 4 is 9.68 Å². The zero-order chi connectivity index (χ0) is 10.1. The summed E-state index contributed by atoms with van der Waals surface area (Å²) in [5.74, 6) is 0. The van der Waals surface area contributed by atoms with Gasteiger partial charge in [0.05, 0.1) is 0 Å². The molecule has 0 atom stereocenters. The maximum atomic E-state index is 2.66. The Morgan fingerprint density at radius 3 is 2.31 bits per heavy atom. The Hall–Kier alpha value is -0.0831. The van der Waals surface area contributed by atoms with Crippen LogP contribution in [0.25, 0.3) is 0 Å². The highest BCUT2D eigenvalue weighted by Gasteiger charge is 2.03. The number of nitrogens with zero attached hydrogens (tertiary/aromatic N) is 1. The van der Waals surface area contributed by atoms with Gasteiger partial charge in [-0.05, 0) is 32.4 Å². The highest BCUT2D eigenvalue weighted by atomic mass is 28.2. The van der Waals surface area contributed by atoms with Crippen molar-refractivity contribution in [3.63, 3.8) is 0 Å². The van der Waals surface area contributed by atoms with E-state index in [2.05, 4.69) is 38.3 Å². The molecule has 0 aromatic rings. The molecular formula is C11H25NSi. The molecule has 78 valence electrons. The Labute approximate surface area is 86.1 Å². The number of allylic oxidation sites excluding steroid dienone is 2. The molecule has 0 aliphatic rings. The van der Waals surface area contributed by atoms with Crippen LogP contribution in [0.1, 0.15) is 47.0 Å². The average molecular weight is 199 g/mol. The van der Waals surface area contributed by atoms with Gasteiger partial charge in [0.1, 0.15) is 9.68 Å². The molecule has 0 bridgehead atoms. The highest BCUT2D eigenvalue weighted by Crippen LogP contribution is 2.03. The molecule has 0 fully saturated rings. The maximum Gasteiger partial charge on any atom is 0.122 e. The smallest absolute Gasteiger partial charge is 0.122 e. The van der Waals surface area contributed by atoms with Crippen molar-refractivity contribution in [3.8, 4) is 0 Å². The third kappa shape index (κ3) is 6.05. The van der Waals surface area contributed by atoms with Gasteiger partial charge >= 0.3 is 0 Å². The lowest BCUT2D eigenvalue weighted by atomic mass is 10.3. The molecule has 0 aliphatic carbocycles. The molecule has 0 spiro atoms. The van der Waals surface area contributed by atoms with E-state index in [1.54, 1.807) is 5.20 Å². The predicted octanol–water partition coefficient (Wildman–Crippen LogP) is 2.51. The van der Waals surface area contributed by atoms with Crippen molar-refractivity contribution in [2.45, 2.75) is 47.0 Å². The molecular weight excluding hydrogens is 174 g/mol. The number of rotatable bonds is 7. The van der Waals surface area contributed by atoms with Crippen LogP contribution < -0.4 is 0 Å². The van der Waals surface area contributed by atoms with E-state index in [-0.39, 0.29) is 9.68 Å². The fourth-order valence-corrected chi connectivity index (χ4v) is 3.48. The molecule has 1 nitrogen and oxygen atoms in total. The highest BCUT2D eigenvalue weighted by molar-refractivity contribution is 6.42. The molecule has 0 aromatic heterocycles. The van der Waals surface area contributed by atoms with Gasteiger partial charge in [-0.1, -0.05) is 39.0 Å². The molecule has 2 heteroatoms. The summed E-state index contributed by atoms with van der Waals surface area (Å²) in [7, 11) is -0.0883. The first-order chi connectivity index (χ1) is 6.28. The van der Waals surface area contributed by atoms with E-state index < -0.39 is 0 Å². The zero-order valence-electron chi connectivity index (χ0n) is 9.77. The van der Waals surface area contributed by atoms with E-state index >= 15 is 0 Å². The summed E-state index contributed by atoms with van der Waals surface area (Å²) in [5.41, 5.74) is 0. The molecule has 0 radical (unpaired) electrons. The van der Waals surface area contributed by atoms with Gasteiger partial charge in [0.15, 0.2) is 0 Å². The summed E-state index contributed by atoms with van der Waals surface area (Å²) in [5, 5.41) is 1.73. The Kier molecular flexibility index (Phi) is 8.46. The van der Waals surface area contributed by atoms with Crippen molar-refractivity contribution in [3.05, 3.63) is 11.3 Å². The van der Waals surface area contributed by atoms with Gasteiger partial charge in [-0.15, -0.1) is 0 Å². The van der Waals surface area contributed by atoms with E-state index in [1.165, 1.54) is 32.4 Å². The molecule has 0 saturated heterocycles. The summed E-state index contributed by atoms with van der Waals surface area (Å²) in [4.78, 5) is 0. The second-order valence-electron chi connectivity index (χ2n) is 3.49. The second-order valence-corrected chi connectivity index (χ2v) is 5.61. The van der Waals surface area contributed by atoms with Gasteiger partial charge in [0.25, 0.3) is 0 Å². The Bertz CT molecular complexity index is 143. The van der Waals surface area contributed by atoms with Gasteiger partial charge in [-0.2, -0.15) is 0 Å². The fraction of sp³-hybridized carbons (Fsp3) is 0.818. The van der Waals surface area contributed by atoms with Crippen LogP contribution >= 0.6 is 0 Å². The monoisotopic (exact) mass is 199 g/mol. The van der Waals surface area contributed by atoms with Gasteiger partial charge in [-0.3, -0.25) is 0 Å². The number of hydrogen-bond donors (Lipinski definition) is 0. The molecule has 0 amide bonds. The molecule has 13 heavy (non-hydrogen) atoms. The van der Waals surface area contributed by atoms with Crippen LogP contribution in [0.4, 0.5) is 0 Å². The predicted molar refractivity (Wildman–Crippen MR) is 64.7 cm³/mol. The van der Waals surface area contributed by atoms with Gasteiger partial charge in [0.2, 0.25) is 0 Å². The first-order valence-electron chi connectivity index (χ1n) is 5.68. The summed E-state index contributed by atoms with van der Waals surface area (Å²) in [6, 6.07) is 0. The molecule has 0 rings (SSSR count). The molecule has 0 aliphatic heterocycles. The summed E-state index contributed by atoms with van der Waals surface area (Å²) >= 11 is 0. The van der Waals surface area contributed by atoms with Crippen LogP contribution in [0.3, 0.4) is 0 Å². The van der Waals surface area contributed by atoms with E-state index in [9.17, 15) is 0 Å². The third-order valence-corrected chi connectivity index (χ3v) is 4.77. The van der Waals surface area contributed by atoms with Crippen LogP contribution in [0.2, 0.25) is 0 Å². The van der Waals surface area contributed by atoms with Crippen LogP contribution in [0.15, 0.2) is 11.3 Å². The SMILES string of the molecule is CCC=C(CC)[SiH2]N(CC)CCC. The minimum atomic E-state index is -0.0883. The third-order valence-electron chi connectivity index (χ3n) is 2.36. The van der Waals surface area contributed by atoms with Crippen LogP contribution in [-0.2, 0) is 0 Å². The van der Waals surface area contributed by atoms with E-state index in [0.29, 0.717) is 0 Å². The Morgan fingerprint density at radius 1 is 1.23 bits per heavy atom. The van der Waals surface area contributed by atoms with Crippen LogP contribution in [0.5, 0.6) is 0 Å². The zero-order valence-corrected chi connectivity index (χ0v) is 11.2. The maximum absolute atomic E-state index is 2.66. The topological polar surface area (TPSA) is 3.24 Å². The lowest BCUT2D eigenvalue weighted by molar-refractivity contribution is 0.467. The number of hydrogen-bond acceptors (Lipinski definition) is 1. The average Bonchev–Trinajstić information content (AvgIpc) is 2.16.